The normalized spacial score (nSPS) is 16.9. The predicted octanol–water partition coefficient (Wildman–Crippen LogP) is 5.74. The lowest BCUT2D eigenvalue weighted by atomic mass is 9.88. The van der Waals surface area contributed by atoms with Crippen LogP contribution in [-0.4, -0.2) is 104 Å². The number of ketones is 3. The molecule has 1 aliphatic carbocycles. The van der Waals surface area contributed by atoms with Crippen LogP contribution in [0.15, 0.2) is 60.7 Å². The molecule has 1 saturated carbocycles. The molecule has 2 amide bonds. The fourth-order valence-corrected chi connectivity index (χ4v) is 9.85. The molecule has 6 rings (SSSR count). The molecule has 1 fully saturated rings. The number of nitriles is 1. The first-order valence-corrected chi connectivity index (χ1v) is 26.8. The molecule has 2 heterocycles. The Labute approximate surface area is 486 Å². The van der Waals surface area contributed by atoms with Crippen molar-refractivity contribution in [1.29, 1.82) is 5.26 Å². The van der Waals surface area contributed by atoms with Gasteiger partial charge in [-0.3, -0.25) is 24.0 Å². The van der Waals surface area contributed by atoms with E-state index in [0.29, 0.717) is 82.5 Å². The summed E-state index contributed by atoms with van der Waals surface area (Å²) in [5.41, 5.74) is 15.1. The van der Waals surface area contributed by atoms with Gasteiger partial charge in [-0.25, -0.2) is 19.8 Å². The number of carbonyl (C=O) groups excluding carboxylic acids is 5. The standard InChI is InChI=1S/C54H69N9O10S.4H2S/c1-33-27-47(66)51(38-17-21-49(72-26-10-24-57)43(30-38)42-28-36(14-20-48(42)71-25-9-23-56)29-44(62-53(33)67)45(64)13-8-22-55)63(4)54(68)39(32-59-74(58,69)70)31-46(65)50-34(2)60-52(61-35(50)3)37-15-18-41(19-16-37)73-40-11-6-5-7-12-40;;;;/h14-21,28,30,33,39-40,44,51,59H,5-13,23-27,29,31-32,56-57H2,1-4H3,(H,62,67)(H2,58,69,70);4*1H2/t33-,39+,44+,51+;;;;/m1..../s1. The molecule has 1 aromatic heterocycles. The zero-order valence-electron chi connectivity index (χ0n) is 44.7. The maximum absolute atomic E-state index is 15.0. The summed E-state index contributed by atoms with van der Waals surface area (Å²) in [5, 5.41) is 17.5. The molecule has 428 valence electrons. The molecule has 3 aromatic carbocycles. The van der Waals surface area contributed by atoms with Gasteiger partial charge < -0.3 is 35.9 Å². The quantitative estimate of drug-likeness (QED) is 0.0463. The summed E-state index contributed by atoms with van der Waals surface area (Å²) in [7, 11) is -3.03. The van der Waals surface area contributed by atoms with E-state index in [1.54, 1.807) is 50.2 Å². The van der Waals surface area contributed by atoms with Gasteiger partial charge in [0.15, 0.2) is 23.2 Å². The van der Waals surface area contributed by atoms with E-state index >= 15 is 4.79 Å². The fourth-order valence-electron chi connectivity index (χ4n) is 9.42. The van der Waals surface area contributed by atoms with Gasteiger partial charge in [0.1, 0.15) is 23.3 Å². The highest BCUT2D eigenvalue weighted by atomic mass is 32.2. The Balaban J connectivity index is 0.00000520. The van der Waals surface area contributed by atoms with Gasteiger partial charge in [0.2, 0.25) is 11.8 Å². The minimum Gasteiger partial charge on any atom is -0.493 e. The van der Waals surface area contributed by atoms with E-state index in [0.717, 1.165) is 36.3 Å². The summed E-state index contributed by atoms with van der Waals surface area (Å²) in [6, 6.07) is 17.2. The zero-order valence-corrected chi connectivity index (χ0v) is 49.5. The Morgan fingerprint density at radius 1 is 0.859 bits per heavy atom. The number of nitrogens with two attached hydrogens (primary N) is 3. The number of hydrogen-bond donors (Lipinski definition) is 5. The van der Waals surface area contributed by atoms with Crippen LogP contribution < -0.4 is 40.9 Å². The van der Waals surface area contributed by atoms with Crippen molar-refractivity contribution in [2.75, 3.05) is 39.9 Å². The number of nitrogens with one attached hydrogen (secondary N) is 2. The number of amides is 2. The van der Waals surface area contributed by atoms with Gasteiger partial charge in [-0.2, -0.15) is 67.7 Å². The van der Waals surface area contributed by atoms with Crippen LogP contribution in [0.25, 0.3) is 22.5 Å². The van der Waals surface area contributed by atoms with Crippen LogP contribution in [0.5, 0.6) is 17.2 Å². The van der Waals surface area contributed by atoms with Gasteiger partial charge in [-0.05, 0) is 132 Å². The molecule has 4 atom stereocenters. The first-order chi connectivity index (χ1) is 35.4. The Bertz CT molecular complexity index is 2810. The molecule has 19 nitrogen and oxygen atoms in total. The van der Waals surface area contributed by atoms with Crippen molar-refractivity contribution >= 4 is 93.4 Å². The van der Waals surface area contributed by atoms with Crippen molar-refractivity contribution in [2.45, 2.75) is 116 Å². The van der Waals surface area contributed by atoms with Crippen molar-refractivity contribution < 1.29 is 46.6 Å². The number of aryl methyl sites for hydroxylation is 2. The second-order valence-electron chi connectivity index (χ2n) is 19.1. The van der Waals surface area contributed by atoms with Crippen LogP contribution in [0.2, 0.25) is 0 Å². The summed E-state index contributed by atoms with van der Waals surface area (Å²) < 4.78 is 45.7. The van der Waals surface area contributed by atoms with Crippen molar-refractivity contribution in [3.8, 4) is 45.8 Å². The van der Waals surface area contributed by atoms with Gasteiger partial charge >= 0.3 is 0 Å². The molecule has 0 spiro atoms. The van der Waals surface area contributed by atoms with Crippen molar-refractivity contribution in [1.82, 2.24) is 24.9 Å². The number of nitrogens with zero attached hydrogens (tertiary/aromatic N) is 4. The molecule has 2 aliphatic rings. The summed E-state index contributed by atoms with van der Waals surface area (Å²) in [6.45, 7) is 5.39. The van der Waals surface area contributed by atoms with E-state index < -0.39 is 76.9 Å². The second kappa shape index (κ2) is 32.7. The molecule has 0 unspecified atom stereocenters. The number of rotatable bonds is 22. The molecule has 24 heteroatoms. The first-order valence-electron chi connectivity index (χ1n) is 25.3. The van der Waals surface area contributed by atoms with Gasteiger partial charge in [0.05, 0.1) is 54.3 Å². The SMILES string of the molecule is Cc1nc(-c2ccc(OC3CCCCC3)cc2)nc(C)c1C(=O)C[C@@H](CNS(N)(=O)=O)C(=O)N(C)[C@@H]1C(=O)C[C@@H](C)C(=O)N[C@H](C(=O)CCC#N)Cc2ccc(OCCCN)c(c2)-c2cc1ccc2OCCCN.S.S.S.S. The lowest BCUT2D eigenvalue weighted by Crippen LogP contribution is -2.46. The third-order valence-electron chi connectivity index (χ3n) is 13.3. The van der Waals surface area contributed by atoms with Crippen LogP contribution in [0, 0.1) is 37.0 Å². The highest BCUT2D eigenvalue weighted by Crippen LogP contribution is 2.41. The maximum Gasteiger partial charge on any atom is 0.274 e. The summed E-state index contributed by atoms with van der Waals surface area (Å²) in [6.07, 6.45) is 5.64. The number of fused-ring (bicyclic) bond motifs is 5. The van der Waals surface area contributed by atoms with E-state index in [2.05, 4.69) is 20.0 Å². The topological polar surface area (TPSA) is 302 Å². The lowest BCUT2D eigenvalue weighted by Gasteiger charge is -2.32. The van der Waals surface area contributed by atoms with Gasteiger partial charge in [0, 0.05) is 61.9 Å². The Morgan fingerprint density at radius 3 is 2.03 bits per heavy atom. The van der Waals surface area contributed by atoms with Crippen LogP contribution in [0.4, 0.5) is 0 Å². The second-order valence-corrected chi connectivity index (χ2v) is 20.5. The first kappa shape index (κ1) is 68.9. The number of aromatic nitrogens is 2. The van der Waals surface area contributed by atoms with E-state index in [1.807, 2.05) is 30.3 Å². The zero-order chi connectivity index (χ0) is 53.5. The van der Waals surface area contributed by atoms with Crippen LogP contribution in [0.3, 0.4) is 0 Å². The largest absolute Gasteiger partial charge is 0.493 e. The van der Waals surface area contributed by atoms with E-state index in [9.17, 15) is 32.9 Å². The molecular weight excluding hydrogens is 1090 g/mol. The summed E-state index contributed by atoms with van der Waals surface area (Å²) in [4.78, 5) is 82.4. The molecule has 78 heavy (non-hydrogen) atoms. The Morgan fingerprint density at radius 2 is 1.45 bits per heavy atom. The van der Waals surface area contributed by atoms with Crippen LogP contribution in [0.1, 0.15) is 116 Å². The number of Topliss-reactive ketones (excluding diaryl/α,β-unsaturated/α-hetero) is 3. The Kier molecular flexibility index (Phi) is 28.9. The van der Waals surface area contributed by atoms with Crippen molar-refractivity contribution in [3.05, 3.63) is 88.7 Å². The highest BCUT2D eigenvalue weighted by molar-refractivity contribution is 7.87. The minimum atomic E-state index is -4.40. The molecule has 0 saturated heterocycles. The number of benzene rings is 3. The Hall–Kier alpha value is -5.23. The van der Waals surface area contributed by atoms with Gasteiger partial charge in [-0.1, -0.05) is 25.5 Å². The highest BCUT2D eigenvalue weighted by Gasteiger charge is 2.37. The lowest BCUT2D eigenvalue weighted by molar-refractivity contribution is -0.142. The van der Waals surface area contributed by atoms with Crippen molar-refractivity contribution in [3.63, 3.8) is 0 Å². The van der Waals surface area contributed by atoms with Gasteiger partial charge in [0.25, 0.3) is 10.2 Å². The average Bonchev–Trinajstić information content (AvgIpc) is 3.37. The van der Waals surface area contributed by atoms with E-state index in [-0.39, 0.29) is 104 Å². The number of hydrogen-bond acceptors (Lipinski definition) is 15. The minimum absolute atomic E-state index is 0. The predicted molar refractivity (Wildman–Crippen MR) is 320 cm³/mol. The average molecular weight is 1170 g/mol. The monoisotopic (exact) mass is 1170 g/mol. The third kappa shape index (κ3) is 19.0. The summed E-state index contributed by atoms with van der Waals surface area (Å²) in [5.74, 6) is -3.44. The molecule has 4 bridgehead atoms. The third-order valence-corrected chi connectivity index (χ3v) is 13.9. The molecular formula is C54H77N9O10S5. The molecule has 8 N–H and O–H groups in total. The molecule has 4 aromatic rings. The van der Waals surface area contributed by atoms with E-state index in [4.69, 9.17) is 30.8 Å². The molecule has 0 radical (unpaired) electrons. The summed E-state index contributed by atoms with van der Waals surface area (Å²) >= 11 is 0. The van der Waals surface area contributed by atoms with Crippen LogP contribution >= 0.6 is 54.0 Å². The number of likely N-dealkylation sites (N-methyl/N-ethyl adjacent to an activating group) is 1. The van der Waals surface area contributed by atoms with E-state index in [1.165, 1.54) is 20.4 Å². The van der Waals surface area contributed by atoms with Gasteiger partial charge in [-0.15, -0.1) is 0 Å². The van der Waals surface area contributed by atoms with Crippen LogP contribution in [-0.2, 0) is 35.8 Å². The van der Waals surface area contributed by atoms with Crippen molar-refractivity contribution in [2.24, 2.45) is 28.4 Å². The smallest absolute Gasteiger partial charge is 0.274 e. The fraction of sp³-hybridized carbons (Fsp3) is 0.481. The number of carbonyl (C=O) groups is 5. The number of ether oxygens (including phenoxy) is 3. The maximum atomic E-state index is 15.0. The molecule has 1 aliphatic heterocycles.